The molecule has 0 saturated carbocycles. The first-order valence-electron chi connectivity index (χ1n) is 7.03. The highest BCUT2D eigenvalue weighted by Crippen LogP contribution is 2.24. The second-order valence-corrected chi connectivity index (χ2v) is 7.78. The Morgan fingerprint density at radius 1 is 1.37 bits per heavy atom. The maximum Gasteiger partial charge on any atom is 0.232 e. The number of likely N-dealkylation sites (tertiary alicyclic amines) is 1. The largest absolute Gasteiger partial charge is 0.356 e. The number of hydrogen-bond acceptors (Lipinski definition) is 3. The van der Waals surface area contributed by atoms with Crippen LogP contribution in [0.3, 0.4) is 0 Å². The average Bonchev–Trinajstić information content (AvgIpc) is 2.35. The van der Waals surface area contributed by atoms with Gasteiger partial charge in [0.2, 0.25) is 11.8 Å². The minimum absolute atomic E-state index is 0.0303. The van der Waals surface area contributed by atoms with Crippen molar-refractivity contribution in [2.24, 2.45) is 5.92 Å². The third-order valence-electron chi connectivity index (χ3n) is 3.12. The van der Waals surface area contributed by atoms with E-state index in [0.29, 0.717) is 18.8 Å². The molecule has 1 atom stereocenters. The maximum atomic E-state index is 12.1. The van der Waals surface area contributed by atoms with E-state index in [2.05, 4.69) is 26.1 Å². The summed E-state index contributed by atoms with van der Waals surface area (Å²) in [7, 11) is 0. The number of piperidine rings is 1. The molecule has 1 aliphatic rings. The summed E-state index contributed by atoms with van der Waals surface area (Å²) in [6.07, 6.45) is 1.82. The van der Waals surface area contributed by atoms with E-state index >= 15 is 0 Å². The Hall–Kier alpha value is -0.710. The number of carbonyl (C=O) groups is 2. The molecule has 19 heavy (non-hydrogen) atoms. The number of carbonyl (C=O) groups excluding carboxylic acids is 2. The second kappa shape index (κ2) is 7.17. The van der Waals surface area contributed by atoms with Crippen molar-refractivity contribution in [3.63, 3.8) is 0 Å². The van der Waals surface area contributed by atoms with Gasteiger partial charge in [-0.1, -0.05) is 20.8 Å². The van der Waals surface area contributed by atoms with E-state index in [1.54, 1.807) is 11.8 Å². The third-order valence-corrected chi connectivity index (χ3v) is 4.38. The van der Waals surface area contributed by atoms with Crippen LogP contribution in [0, 0.1) is 5.92 Å². The van der Waals surface area contributed by atoms with Gasteiger partial charge in [-0.05, 0) is 19.8 Å². The summed E-state index contributed by atoms with van der Waals surface area (Å²) in [6.45, 7) is 10.3. The number of nitrogens with one attached hydrogen (secondary N) is 1. The lowest BCUT2D eigenvalue weighted by Crippen LogP contribution is -2.46. The number of thioether (sulfide) groups is 1. The molecule has 0 unspecified atom stereocenters. The van der Waals surface area contributed by atoms with E-state index in [1.165, 1.54) is 0 Å². The summed E-state index contributed by atoms with van der Waals surface area (Å²) in [6, 6.07) is 0. The van der Waals surface area contributed by atoms with Gasteiger partial charge in [0.05, 0.1) is 11.7 Å². The molecular weight excluding hydrogens is 260 g/mol. The summed E-state index contributed by atoms with van der Waals surface area (Å²) in [5.41, 5.74) is 0. The fourth-order valence-electron chi connectivity index (χ4n) is 2.11. The summed E-state index contributed by atoms with van der Waals surface area (Å²) in [5.74, 6) is 0.723. The van der Waals surface area contributed by atoms with Gasteiger partial charge in [-0.15, -0.1) is 11.8 Å². The van der Waals surface area contributed by atoms with Crippen molar-refractivity contribution >= 4 is 23.6 Å². The fraction of sp³-hybridized carbons (Fsp3) is 0.857. The lowest BCUT2D eigenvalue weighted by atomic mass is 9.97. The first kappa shape index (κ1) is 16.3. The molecule has 1 fully saturated rings. The van der Waals surface area contributed by atoms with Gasteiger partial charge in [0.1, 0.15) is 0 Å². The van der Waals surface area contributed by atoms with Gasteiger partial charge in [0.25, 0.3) is 0 Å². The molecule has 1 rings (SSSR count). The van der Waals surface area contributed by atoms with Crippen LogP contribution in [0.4, 0.5) is 0 Å². The van der Waals surface area contributed by atoms with Crippen LogP contribution in [0.2, 0.25) is 0 Å². The fourth-order valence-corrected chi connectivity index (χ4v) is 2.84. The standard InChI is InChI=1S/C14H26N2O2S/c1-5-15-13(18)11-7-6-8-16(9-11)12(17)10-19-14(2,3)4/h11H,5-10H2,1-4H3,(H,15,18)/t11-/m0/s1. The molecule has 0 bridgehead atoms. The van der Waals surface area contributed by atoms with Crippen LogP contribution in [0.5, 0.6) is 0 Å². The lowest BCUT2D eigenvalue weighted by molar-refractivity contribution is -0.133. The zero-order valence-corrected chi connectivity index (χ0v) is 13.3. The quantitative estimate of drug-likeness (QED) is 0.858. The number of rotatable bonds is 4. The molecule has 0 aromatic rings. The van der Waals surface area contributed by atoms with Gasteiger partial charge in [0, 0.05) is 24.4 Å². The Morgan fingerprint density at radius 3 is 2.63 bits per heavy atom. The molecule has 2 amide bonds. The average molecular weight is 286 g/mol. The van der Waals surface area contributed by atoms with Gasteiger partial charge in [0.15, 0.2) is 0 Å². The van der Waals surface area contributed by atoms with Crippen LogP contribution in [0.25, 0.3) is 0 Å². The summed E-state index contributed by atoms with van der Waals surface area (Å²) in [4.78, 5) is 25.8. The summed E-state index contributed by atoms with van der Waals surface area (Å²) in [5, 5.41) is 2.85. The molecule has 0 aliphatic carbocycles. The van der Waals surface area contributed by atoms with Crippen LogP contribution in [-0.2, 0) is 9.59 Å². The van der Waals surface area contributed by atoms with Crippen LogP contribution in [0.15, 0.2) is 0 Å². The lowest BCUT2D eigenvalue weighted by Gasteiger charge is -2.32. The van der Waals surface area contributed by atoms with Gasteiger partial charge in [-0.2, -0.15) is 0 Å². The Kier molecular flexibility index (Phi) is 6.17. The van der Waals surface area contributed by atoms with E-state index in [4.69, 9.17) is 0 Å². The smallest absolute Gasteiger partial charge is 0.232 e. The molecular formula is C14H26N2O2S. The number of amides is 2. The normalized spacial score (nSPS) is 20.2. The predicted molar refractivity (Wildman–Crippen MR) is 80.2 cm³/mol. The minimum atomic E-state index is -0.0303. The zero-order valence-electron chi connectivity index (χ0n) is 12.5. The summed E-state index contributed by atoms with van der Waals surface area (Å²) < 4.78 is 0.102. The monoisotopic (exact) mass is 286 g/mol. The SMILES string of the molecule is CCNC(=O)[C@H]1CCCN(C(=O)CSC(C)(C)C)C1. The number of nitrogens with zero attached hydrogens (tertiary/aromatic N) is 1. The van der Waals surface area contributed by atoms with E-state index in [1.807, 2.05) is 11.8 Å². The van der Waals surface area contributed by atoms with Crippen molar-refractivity contribution in [1.29, 1.82) is 0 Å². The van der Waals surface area contributed by atoms with E-state index in [0.717, 1.165) is 19.4 Å². The molecule has 1 saturated heterocycles. The first-order valence-corrected chi connectivity index (χ1v) is 8.01. The van der Waals surface area contributed by atoms with Gasteiger partial charge >= 0.3 is 0 Å². The van der Waals surface area contributed by atoms with Crippen molar-refractivity contribution in [1.82, 2.24) is 10.2 Å². The molecule has 1 N–H and O–H groups in total. The van der Waals surface area contributed by atoms with Crippen LogP contribution < -0.4 is 5.32 Å². The second-order valence-electron chi connectivity index (χ2n) is 5.97. The van der Waals surface area contributed by atoms with Crippen LogP contribution in [-0.4, -0.2) is 46.8 Å². The molecule has 1 aliphatic heterocycles. The van der Waals surface area contributed by atoms with E-state index in [9.17, 15) is 9.59 Å². The molecule has 1 heterocycles. The van der Waals surface area contributed by atoms with Gasteiger partial charge in [-0.3, -0.25) is 9.59 Å². The highest BCUT2D eigenvalue weighted by atomic mass is 32.2. The predicted octanol–water partition coefficient (Wildman–Crippen LogP) is 1.89. The number of hydrogen-bond donors (Lipinski definition) is 1. The molecule has 5 heteroatoms. The van der Waals surface area contributed by atoms with Gasteiger partial charge in [-0.25, -0.2) is 0 Å². The minimum Gasteiger partial charge on any atom is -0.356 e. The van der Waals surface area contributed by atoms with E-state index < -0.39 is 0 Å². The highest BCUT2D eigenvalue weighted by molar-refractivity contribution is 8.01. The van der Waals surface area contributed by atoms with Crippen molar-refractivity contribution in [2.45, 2.75) is 45.3 Å². The molecule has 110 valence electrons. The molecule has 0 spiro atoms. The van der Waals surface area contributed by atoms with Crippen molar-refractivity contribution < 1.29 is 9.59 Å². The van der Waals surface area contributed by atoms with Crippen molar-refractivity contribution in [2.75, 3.05) is 25.4 Å². The highest BCUT2D eigenvalue weighted by Gasteiger charge is 2.28. The van der Waals surface area contributed by atoms with Crippen LogP contribution >= 0.6 is 11.8 Å². The Bertz CT molecular complexity index is 326. The molecule has 0 aromatic carbocycles. The maximum absolute atomic E-state index is 12.1. The first-order chi connectivity index (χ1) is 8.83. The third kappa shape index (κ3) is 5.85. The van der Waals surface area contributed by atoms with Crippen LogP contribution in [0.1, 0.15) is 40.5 Å². The van der Waals surface area contributed by atoms with E-state index in [-0.39, 0.29) is 22.5 Å². The summed E-state index contributed by atoms with van der Waals surface area (Å²) >= 11 is 1.66. The topological polar surface area (TPSA) is 49.4 Å². The Morgan fingerprint density at radius 2 is 2.05 bits per heavy atom. The Balaban J connectivity index is 2.45. The molecule has 0 radical (unpaired) electrons. The van der Waals surface area contributed by atoms with Gasteiger partial charge < -0.3 is 10.2 Å². The zero-order chi connectivity index (χ0) is 14.5. The van der Waals surface area contributed by atoms with Crippen molar-refractivity contribution in [3.05, 3.63) is 0 Å². The van der Waals surface area contributed by atoms with Crippen molar-refractivity contribution in [3.8, 4) is 0 Å². The molecule has 0 aromatic heterocycles. The molecule has 4 nitrogen and oxygen atoms in total. The Labute approximate surface area is 120 Å².